The minimum Gasteiger partial charge on any atom is -0.505 e. The summed E-state index contributed by atoms with van der Waals surface area (Å²) in [5.41, 5.74) is 2.45. The molecule has 2 heterocycles. The number of morpholine rings is 1. The Morgan fingerprint density at radius 2 is 1.88 bits per heavy atom. The largest absolute Gasteiger partial charge is 0.505 e. The van der Waals surface area contributed by atoms with E-state index in [0.29, 0.717) is 5.02 Å². The molecule has 2 aromatic carbocycles. The molecule has 0 unspecified atom stereocenters. The van der Waals surface area contributed by atoms with Crippen molar-refractivity contribution in [1.82, 2.24) is 9.88 Å². The lowest BCUT2D eigenvalue weighted by atomic mass is 9.56. The van der Waals surface area contributed by atoms with Gasteiger partial charge in [0.15, 0.2) is 5.69 Å². The van der Waals surface area contributed by atoms with Crippen LogP contribution in [0.4, 0.5) is 0 Å². The zero-order valence-electron chi connectivity index (χ0n) is 17.3. The van der Waals surface area contributed by atoms with E-state index >= 15 is 0 Å². The summed E-state index contributed by atoms with van der Waals surface area (Å²) in [6.45, 7) is 3.44. The summed E-state index contributed by atoms with van der Waals surface area (Å²) in [6.07, 6.45) is 1.39. The van der Waals surface area contributed by atoms with Crippen LogP contribution in [0.1, 0.15) is 16.1 Å². The summed E-state index contributed by atoms with van der Waals surface area (Å²) in [5, 5.41) is 10.4. The number of nitrogens with zero attached hydrogens (tertiary/aromatic N) is 2. The molecule has 1 aliphatic heterocycles. The monoisotopic (exact) mass is 452 g/mol. The fourth-order valence-electron chi connectivity index (χ4n) is 3.47. The predicted molar refractivity (Wildman–Crippen MR) is 121 cm³/mol. The molecule has 0 atom stereocenters. The number of hydrogen-bond donors (Lipinski definition) is 1. The van der Waals surface area contributed by atoms with Gasteiger partial charge in [0, 0.05) is 30.9 Å². The van der Waals surface area contributed by atoms with E-state index < -0.39 is 12.9 Å². The van der Waals surface area contributed by atoms with Gasteiger partial charge in [-0.25, -0.2) is 14.6 Å². The molecule has 3 aromatic rings. The van der Waals surface area contributed by atoms with Crippen LogP contribution in [0.5, 0.6) is 5.75 Å². The number of aromatic nitrogens is 1. The molecular weight excluding hydrogens is 431 g/mol. The van der Waals surface area contributed by atoms with Crippen LogP contribution in [0.2, 0.25) is 5.02 Å². The number of ether oxygens (including phenoxy) is 1. The van der Waals surface area contributed by atoms with Crippen LogP contribution in [-0.2, 0) is 21.0 Å². The fourth-order valence-corrected chi connectivity index (χ4v) is 3.67. The molecule has 0 spiro atoms. The first kappa shape index (κ1) is 22.3. The highest BCUT2D eigenvalue weighted by atomic mass is 35.5. The van der Waals surface area contributed by atoms with Gasteiger partial charge in [0.1, 0.15) is 5.75 Å². The van der Waals surface area contributed by atoms with Crippen molar-refractivity contribution in [3.63, 3.8) is 0 Å². The number of benzene rings is 2. The maximum Gasteiger partial charge on any atom is 0.421 e. The van der Waals surface area contributed by atoms with Crippen molar-refractivity contribution in [2.75, 3.05) is 26.3 Å². The second-order valence-electron chi connectivity index (χ2n) is 7.40. The summed E-state index contributed by atoms with van der Waals surface area (Å²) < 4.78 is 5.40. The minimum atomic E-state index is -0.890. The standard InChI is InChI=1S/C23H22BClN2O5/c25-20-4-1-3-19(15-20)24(32-31-23(29)22-21(28)5-2-10-26-22)18-8-6-17(7-9-18)16-27-11-13-30-14-12-27/h1-10,15,28H,11-14,16H2. The van der Waals surface area contributed by atoms with Gasteiger partial charge in [-0.1, -0.05) is 48.0 Å². The van der Waals surface area contributed by atoms with Crippen molar-refractivity contribution in [2.24, 2.45) is 0 Å². The van der Waals surface area contributed by atoms with Gasteiger partial charge in [-0.05, 0) is 40.8 Å². The van der Waals surface area contributed by atoms with Gasteiger partial charge in [0.2, 0.25) is 0 Å². The van der Waals surface area contributed by atoms with Gasteiger partial charge >= 0.3 is 12.9 Å². The molecule has 0 amide bonds. The molecule has 0 saturated carbocycles. The molecule has 0 radical (unpaired) electrons. The Morgan fingerprint density at radius 3 is 2.59 bits per heavy atom. The van der Waals surface area contributed by atoms with Crippen molar-refractivity contribution in [2.45, 2.75) is 6.54 Å². The average molecular weight is 453 g/mol. The number of halogens is 1. The predicted octanol–water partition coefficient (Wildman–Crippen LogP) is 2.17. The maximum atomic E-state index is 12.4. The Morgan fingerprint density at radius 1 is 1.09 bits per heavy atom. The molecule has 1 aliphatic rings. The van der Waals surface area contributed by atoms with E-state index in [1.165, 1.54) is 18.3 Å². The lowest BCUT2D eigenvalue weighted by Crippen LogP contribution is -2.45. The third-order valence-electron chi connectivity index (χ3n) is 5.14. The topological polar surface area (TPSA) is 81.1 Å². The summed E-state index contributed by atoms with van der Waals surface area (Å²) in [5.74, 6) is -1.17. The highest BCUT2D eigenvalue weighted by molar-refractivity contribution is 6.80. The second-order valence-corrected chi connectivity index (χ2v) is 7.84. The molecule has 32 heavy (non-hydrogen) atoms. The zero-order chi connectivity index (χ0) is 22.3. The summed E-state index contributed by atoms with van der Waals surface area (Å²) in [7, 11) is 0. The SMILES string of the molecule is O=C(OOB(c1ccc(CN2CCOCC2)cc1)c1cccc(Cl)c1)c1ncccc1O. The summed E-state index contributed by atoms with van der Waals surface area (Å²) >= 11 is 6.17. The molecule has 1 saturated heterocycles. The third-order valence-corrected chi connectivity index (χ3v) is 5.38. The number of carbonyl (C=O) groups excluding carboxylic acids is 1. The Bertz CT molecular complexity index is 1060. The van der Waals surface area contributed by atoms with E-state index in [1.54, 1.807) is 18.2 Å². The van der Waals surface area contributed by atoms with Gasteiger partial charge in [0.25, 0.3) is 0 Å². The Balaban J connectivity index is 1.51. The van der Waals surface area contributed by atoms with Crippen LogP contribution < -0.4 is 10.9 Å². The molecule has 164 valence electrons. The van der Waals surface area contributed by atoms with E-state index in [1.807, 2.05) is 30.3 Å². The number of rotatable bonds is 7. The van der Waals surface area contributed by atoms with Crippen LogP contribution >= 0.6 is 11.6 Å². The quantitative estimate of drug-likeness (QED) is 0.334. The van der Waals surface area contributed by atoms with Gasteiger partial charge in [-0.3, -0.25) is 4.90 Å². The van der Waals surface area contributed by atoms with Gasteiger partial charge in [0.05, 0.1) is 13.2 Å². The van der Waals surface area contributed by atoms with E-state index in [2.05, 4.69) is 9.88 Å². The number of hydrogen-bond acceptors (Lipinski definition) is 7. The molecule has 1 N–H and O–H groups in total. The number of aromatic hydroxyl groups is 1. The van der Waals surface area contributed by atoms with Gasteiger partial charge in [-0.15, -0.1) is 0 Å². The number of carbonyl (C=O) groups is 1. The lowest BCUT2D eigenvalue weighted by molar-refractivity contribution is -0.152. The Labute approximate surface area is 191 Å². The first-order valence-electron chi connectivity index (χ1n) is 10.3. The first-order valence-corrected chi connectivity index (χ1v) is 10.6. The van der Waals surface area contributed by atoms with Crippen molar-refractivity contribution in [3.8, 4) is 5.75 Å². The highest BCUT2D eigenvalue weighted by Gasteiger charge is 2.27. The van der Waals surface area contributed by atoms with Crippen LogP contribution in [0.3, 0.4) is 0 Å². The third kappa shape index (κ3) is 5.66. The summed E-state index contributed by atoms with van der Waals surface area (Å²) in [4.78, 5) is 29.1. The van der Waals surface area contributed by atoms with E-state index in [9.17, 15) is 9.90 Å². The number of pyridine rings is 1. The molecule has 0 bridgehead atoms. The molecule has 7 nitrogen and oxygen atoms in total. The molecule has 9 heteroatoms. The lowest BCUT2D eigenvalue weighted by Gasteiger charge is -2.26. The van der Waals surface area contributed by atoms with E-state index in [0.717, 1.165) is 49.3 Å². The summed E-state index contributed by atoms with van der Waals surface area (Å²) in [6, 6.07) is 17.9. The normalized spacial score (nSPS) is 14.2. The Hall–Kier alpha value is -2.91. The maximum absolute atomic E-state index is 12.4. The van der Waals surface area contributed by atoms with E-state index in [4.69, 9.17) is 26.0 Å². The molecule has 0 aliphatic carbocycles. The molecule has 1 fully saturated rings. The minimum absolute atomic E-state index is 0.224. The highest BCUT2D eigenvalue weighted by Crippen LogP contribution is 2.14. The zero-order valence-corrected chi connectivity index (χ0v) is 18.1. The van der Waals surface area contributed by atoms with Gasteiger partial charge in [-0.2, -0.15) is 0 Å². The van der Waals surface area contributed by atoms with Crippen LogP contribution in [-0.4, -0.2) is 54.2 Å². The second kappa shape index (κ2) is 10.6. The van der Waals surface area contributed by atoms with Crippen molar-refractivity contribution in [3.05, 3.63) is 83.1 Å². The van der Waals surface area contributed by atoms with Crippen molar-refractivity contribution < 1.29 is 24.3 Å². The van der Waals surface area contributed by atoms with E-state index in [-0.39, 0.29) is 11.4 Å². The average Bonchev–Trinajstić information content (AvgIpc) is 2.81. The fraction of sp³-hybridized carbons (Fsp3) is 0.217. The van der Waals surface area contributed by atoms with Gasteiger partial charge < -0.3 is 14.7 Å². The van der Waals surface area contributed by atoms with Crippen molar-refractivity contribution >= 4 is 35.4 Å². The Kier molecular flexibility index (Phi) is 7.39. The smallest absolute Gasteiger partial charge is 0.421 e. The molecular formula is C23H22BClN2O5. The van der Waals surface area contributed by atoms with Crippen molar-refractivity contribution in [1.29, 1.82) is 0 Å². The van der Waals surface area contributed by atoms with Crippen LogP contribution in [0.25, 0.3) is 0 Å². The molecule has 4 rings (SSSR count). The first-order chi connectivity index (χ1) is 15.6. The van der Waals surface area contributed by atoms with Crippen LogP contribution in [0.15, 0.2) is 66.9 Å². The molecule has 1 aromatic heterocycles. The van der Waals surface area contributed by atoms with Crippen LogP contribution in [0, 0.1) is 0 Å².